The average molecular weight is 426 g/mol. The van der Waals surface area contributed by atoms with E-state index in [1.165, 1.54) is 6.07 Å². The number of benzene rings is 2. The molecule has 154 valence electrons. The van der Waals surface area contributed by atoms with Crippen molar-refractivity contribution in [3.05, 3.63) is 54.6 Å². The largest absolute Gasteiger partial charge is 0.403 e. The van der Waals surface area contributed by atoms with Gasteiger partial charge in [-0.15, -0.1) is 5.10 Å². The van der Waals surface area contributed by atoms with Crippen LogP contribution in [0.2, 0.25) is 0 Å². The van der Waals surface area contributed by atoms with Crippen LogP contribution in [0.15, 0.2) is 63.9 Å². The van der Waals surface area contributed by atoms with E-state index in [-0.39, 0.29) is 41.2 Å². The number of nitrogens with zero attached hydrogens (tertiary/aromatic N) is 3. The summed E-state index contributed by atoms with van der Waals surface area (Å²) in [4.78, 5) is 26.5. The van der Waals surface area contributed by atoms with Gasteiger partial charge in [-0.2, -0.15) is 0 Å². The molecule has 2 amide bonds. The van der Waals surface area contributed by atoms with Gasteiger partial charge in [0.15, 0.2) is 9.84 Å². The summed E-state index contributed by atoms with van der Waals surface area (Å²) < 4.78 is 29.4. The summed E-state index contributed by atoms with van der Waals surface area (Å²) in [7, 11) is -3.51. The van der Waals surface area contributed by atoms with Gasteiger partial charge >= 0.3 is 6.01 Å². The lowest BCUT2D eigenvalue weighted by molar-refractivity contribution is -0.122. The van der Waals surface area contributed by atoms with Crippen LogP contribution in [0.5, 0.6) is 0 Å². The summed E-state index contributed by atoms with van der Waals surface area (Å²) >= 11 is 0. The third-order valence-corrected chi connectivity index (χ3v) is 5.89. The van der Waals surface area contributed by atoms with E-state index in [2.05, 4.69) is 15.5 Å². The van der Waals surface area contributed by atoms with Gasteiger partial charge in [-0.05, 0) is 24.3 Å². The summed E-state index contributed by atoms with van der Waals surface area (Å²) in [6, 6.07) is 15.2. The average Bonchev–Trinajstić information content (AvgIpc) is 3.35. The Bertz CT molecular complexity index is 1210. The lowest BCUT2D eigenvalue weighted by atomic mass is 10.1. The first kappa shape index (κ1) is 19.8. The van der Waals surface area contributed by atoms with Crippen LogP contribution in [0.3, 0.4) is 0 Å². The number of hydrogen-bond donors (Lipinski definition) is 1. The highest BCUT2D eigenvalue weighted by atomic mass is 32.2. The summed E-state index contributed by atoms with van der Waals surface area (Å²) in [6.07, 6.45) is 1.15. The molecule has 4 rings (SSSR count). The number of amides is 2. The number of carbonyl (C=O) groups is 2. The van der Waals surface area contributed by atoms with Crippen molar-refractivity contribution in [2.45, 2.75) is 11.3 Å². The Morgan fingerprint density at radius 2 is 1.80 bits per heavy atom. The zero-order valence-electron chi connectivity index (χ0n) is 16.0. The topological polar surface area (TPSA) is 122 Å². The number of hydrogen-bond acceptors (Lipinski definition) is 7. The van der Waals surface area contributed by atoms with Crippen molar-refractivity contribution in [2.24, 2.45) is 5.92 Å². The van der Waals surface area contributed by atoms with Crippen molar-refractivity contribution in [1.82, 2.24) is 10.2 Å². The van der Waals surface area contributed by atoms with Crippen molar-refractivity contribution in [1.29, 1.82) is 0 Å². The van der Waals surface area contributed by atoms with Crippen LogP contribution in [-0.4, -0.2) is 43.2 Å². The van der Waals surface area contributed by atoms with E-state index >= 15 is 0 Å². The second-order valence-electron chi connectivity index (χ2n) is 6.91. The first-order valence-electron chi connectivity index (χ1n) is 9.12. The number of anilines is 2. The molecule has 0 saturated carbocycles. The maximum absolute atomic E-state index is 12.6. The first-order chi connectivity index (χ1) is 14.3. The highest BCUT2D eigenvalue weighted by Crippen LogP contribution is 2.28. The molecule has 2 heterocycles. The smallest absolute Gasteiger partial charge is 0.322 e. The molecule has 1 fully saturated rings. The molecule has 2 aromatic carbocycles. The highest BCUT2D eigenvalue weighted by molar-refractivity contribution is 7.90. The summed E-state index contributed by atoms with van der Waals surface area (Å²) in [5.74, 6) is -1.17. The minimum atomic E-state index is -3.51. The molecule has 1 saturated heterocycles. The number of para-hydroxylation sites is 1. The van der Waals surface area contributed by atoms with Gasteiger partial charge in [0.2, 0.25) is 11.8 Å². The fourth-order valence-corrected chi connectivity index (χ4v) is 4.18. The van der Waals surface area contributed by atoms with Crippen LogP contribution in [-0.2, 0) is 19.4 Å². The molecule has 0 bridgehead atoms. The fourth-order valence-electron chi connectivity index (χ4n) is 3.30. The molecule has 0 aliphatic carbocycles. The standard InChI is InChI=1S/C20H18N4O5S/c1-30(27,28)16-10-6-5-9-15(16)19-22-23-20(29-19)21-18(26)13-11-17(25)24(12-13)14-7-3-2-4-8-14/h2-10,13H,11-12H2,1H3,(H,21,23,26). The van der Waals surface area contributed by atoms with E-state index in [0.29, 0.717) is 0 Å². The third-order valence-electron chi connectivity index (χ3n) is 4.74. The van der Waals surface area contributed by atoms with Gasteiger partial charge in [0, 0.05) is 24.9 Å². The third kappa shape index (κ3) is 3.94. The van der Waals surface area contributed by atoms with Gasteiger partial charge < -0.3 is 9.32 Å². The molecule has 9 nitrogen and oxygen atoms in total. The predicted octanol–water partition coefficient (Wildman–Crippen LogP) is 2.13. The number of aromatic nitrogens is 2. The lowest BCUT2D eigenvalue weighted by Gasteiger charge is -2.16. The normalized spacial score (nSPS) is 16.6. The first-order valence-corrected chi connectivity index (χ1v) is 11.0. The maximum Gasteiger partial charge on any atom is 0.322 e. The van der Waals surface area contributed by atoms with Crippen molar-refractivity contribution < 1.29 is 22.4 Å². The zero-order valence-corrected chi connectivity index (χ0v) is 16.8. The van der Waals surface area contributed by atoms with Gasteiger partial charge in [0.05, 0.1) is 16.4 Å². The number of carbonyl (C=O) groups excluding carboxylic acids is 2. The molecule has 1 unspecified atom stereocenters. The minimum absolute atomic E-state index is 0.0280. The highest BCUT2D eigenvalue weighted by Gasteiger charge is 2.35. The molecular weight excluding hydrogens is 408 g/mol. The van der Waals surface area contributed by atoms with Crippen LogP contribution in [0, 0.1) is 5.92 Å². The fraction of sp³-hybridized carbons (Fsp3) is 0.200. The quantitative estimate of drug-likeness (QED) is 0.663. The Kier molecular flexibility index (Phi) is 5.08. The molecule has 1 aliphatic heterocycles. The molecule has 1 N–H and O–H groups in total. The number of sulfone groups is 1. The van der Waals surface area contributed by atoms with E-state index in [9.17, 15) is 18.0 Å². The molecule has 10 heteroatoms. The summed E-state index contributed by atoms with van der Waals surface area (Å²) in [5, 5.41) is 10.1. The Balaban J connectivity index is 1.49. The maximum atomic E-state index is 12.6. The van der Waals surface area contributed by atoms with Crippen LogP contribution in [0.1, 0.15) is 6.42 Å². The molecule has 1 atom stereocenters. The van der Waals surface area contributed by atoms with Crippen molar-refractivity contribution >= 4 is 33.4 Å². The zero-order chi connectivity index (χ0) is 21.3. The van der Waals surface area contributed by atoms with Gasteiger partial charge in [-0.1, -0.05) is 35.4 Å². The second-order valence-corrected chi connectivity index (χ2v) is 8.90. The van der Waals surface area contributed by atoms with E-state index in [4.69, 9.17) is 4.42 Å². The van der Waals surface area contributed by atoms with Crippen LogP contribution in [0.4, 0.5) is 11.7 Å². The Labute approximate surface area is 172 Å². The van der Waals surface area contributed by atoms with E-state index < -0.39 is 21.7 Å². The van der Waals surface area contributed by atoms with Crippen LogP contribution in [0.25, 0.3) is 11.5 Å². The van der Waals surface area contributed by atoms with E-state index in [1.54, 1.807) is 23.1 Å². The van der Waals surface area contributed by atoms with Gasteiger partial charge in [-0.25, -0.2) is 8.42 Å². The number of nitrogens with one attached hydrogen (secondary N) is 1. The second kappa shape index (κ2) is 7.71. The summed E-state index contributed by atoms with van der Waals surface area (Å²) in [6.45, 7) is 0.243. The van der Waals surface area contributed by atoms with Crippen molar-refractivity contribution in [3.8, 4) is 11.5 Å². The van der Waals surface area contributed by atoms with E-state index in [1.807, 2.05) is 30.3 Å². The molecule has 1 aromatic heterocycles. The molecular formula is C20H18N4O5S. The van der Waals surface area contributed by atoms with Gasteiger partial charge in [-0.3, -0.25) is 14.9 Å². The molecule has 0 radical (unpaired) electrons. The Morgan fingerprint density at radius 3 is 2.53 bits per heavy atom. The van der Waals surface area contributed by atoms with Crippen molar-refractivity contribution in [2.75, 3.05) is 23.0 Å². The molecule has 30 heavy (non-hydrogen) atoms. The van der Waals surface area contributed by atoms with E-state index in [0.717, 1.165) is 11.9 Å². The Hall–Kier alpha value is -3.53. The monoisotopic (exact) mass is 426 g/mol. The van der Waals surface area contributed by atoms with Gasteiger partial charge in [0.25, 0.3) is 5.89 Å². The molecule has 1 aliphatic rings. The summed E-state index contributed by atoms with van der Waals surface area (Å²) in [5.41, 5.74) is 0.981. The lowest BCUT2D eigenvalue weighted by Crippen LogP contribution is -2.28. The SMILES string of the molecule is CS(=O)(=O)c1ccccc1-c1nnc(NC(=O)C2CC(=O)N(c3ccccc3)C2)o1. The van der Waals surface area contributed by atoms with Crippen LogP contribution >= 0.6 is 0 Å². The molecule has 0 spiro atoms. The predicted molar refractivity (Wildman–Crippen MR) is 108 cm³/mol. The van der Waals surface area contributed by atoms with Crippen LogP contribution < -0.4 is 10.2 Å². The van der Waals surface area contributed by atoms with Gasteiger partial charge in [0.1, 0.15) is 0 Å². The number of rotatable bonds is 5. The Morgan fingerprint density at radius 1 is 1.10 bits per heavy atom. The van der Waals surface area contributed by atoms with Crippen molar-refractivity contribution in [3.63, 3.8) is 0 Å². The minimum Gasteiger partial charge on any atom is -0.403 e. The molecule has 3 aromatic rings.